The summed E-state index contributed by atoms with van der Waals surface area (Å²) in [5, 5.41) is 7.27. The SMILES string of the molecule is CC[C@@H](CCC(=O)NCCNCc1ccc(Cn2c(CCOC)nc3c(N)nc4ccccc4c32)cc1)C(N)=O. The van der Waals surface area contributed by atoms with Gasteiger partial charge in [0.15, 0.2) is 5.82 Å². The molecule has 4 aromatic rings. The lowest BCUT2D eigenvalue weighted by molar-refractivity contribution is -0.123. The largest absolute Gasteiger partial charge is 0.384 e. The number of pyridine rings is 1. The maximum Gasteiger partial charge on any atom is 0.220 e. The first-order valence-corrected chi connectivity index (χ1v) is 13.8. The number of aromatic nitrogens is 3. The highest BCUT2D eigenvalue weighted by atomic mass is 16.5. The molecule has 2 amide bonds. The molecule has 0 aliphatic carbocycles. The van der Waals surface area contributed by atoms with Crippen LogP contribution in [0, 0.1) is 5.92 Å². The van der Waals surface area contributed by atoms with Gasteiger partial charge in [-0.2, -0.15) is 0 Å². The number of amides is 2. The van der Waals surface area contributed by atoms with Crippen LogP contribution in [0.3, 0.4) is 0 Å². The zero-order chi connectivity index (χ0) is 28.5. The number of carbonyl (C=O) groups excluding carboxylic acids is 2. The molecule has 0 aliphatic heterocycles. The van der Waals surface area contributed by atoms with Gasteiger partial charge in [-0.25, -0.2) is 9.97 Å². The molecule has 212 valence electrons. The lowest BCUT2D eigenvalue weighted by Gasteiger charge is -2.12. The van der Waals surface area contributed by atoms with Crippen molar-refractivity contribution in [2.45, 2.75) is 45.7 Å². The van der Waals surface area contributed by atoms with E-state index in [0.717, 1.165) is 38.9 Å². The van der Waals surface area contributed by atoms with Crippen molar-refractivity contribution in [3.8, 4) is 0 Å². The number of imidazole rings is 1. The molecular formula is C30H39N7O3. The van der Waals surface area contributed by atoms with Crippen LogP contribution in [0.15, 0.2) is 48.5 Å². The Bertz CT molecular complexity index is 1450. The summed E-state index contributed by atoms with van der Waals surface area (Å²) in [6.07, 6.45) is 2.11. The second-order valence-corrected chi connectivity index (χ2v) is 9.96. The summed E-state index contributed by atoms with van der Waals surface area (Å²) < 4.78 is 7.55. The minimum Gasteiger partial charge on any atom is -0.384 e. The van der Waals surface area contributed by atoms with Crippen molar-refractivity contribution in [2.24, 2.45) is 11.7 Å². The number of primary amides is 1. The number of benzene rings is 2. The van der Waals surface area contributed by atoms with E-state index in [-0.39, 0.29) is 17.7 Å². The van der Waals surface area contributed by atoms with Crippen LogP contribution in [0.25, 0.3) is 21.9 Å². The number of rotatable bonds is 15. The predicted octanol–water partition coefficient (Wildman–Crippen LogP) is 2.90. The lowest BCUT2D eigenvalue weighted by atomic mass is 9.99. The van der Waals surface area contributed by atoms with E-state index in [1.54, 1.807) is 7.11 Å². The van der Waals surface area contributed by atoms with E-state index in [1.165, 1.54) is 0 Å². The van der Waals surface area contributed by atoms with Gasteiger partial charge in [-0.3, -0.25) is 9.59 Å². The number of para-hydroxylation sites is 1. The Balaban J connectivity index is 1.35. The van der Waals surface area contributed by atoms with Gasteiger partial charge in [0.05, 0.1) is 17.6 Å². The summed E-state index contributed by atoms with van der Waals surface area (Å²) in [5.41, 5.74) is 16.5. The number of nitrogens with zero attached hydrogens (tertiary/aromatic N) is 3. The van der Waals surface area contributed by atoms with E-state index in [0.29, 0.717) is 64.3 Å². The van der Waals surface area contributed by atoms with E-state index in [9.17, 15) is 9.59 Å². The molecule has 10 nitrogen and oxygen atoms in total. The number of nitrogens with one attached hydrogen (secondary N) is 2. The first-order valence-electron chi connectivity index (χ1n) is 13.8. The average Bonchev–Trinajstić information content (AvgIpc) is 3.31. The predicted molar refractivity (Wildman–Crippen MR) is 157 cm³/mol. The molecule has 0 saturated carbocycles. The molecule has 0 spiro atoms. The molecule has 0 saturated heterocycles. The molecule has 0 fully saturated rings. The normalized spacial score (nSPS) is 12.2. The van der Waals surface area contributed by atoms with E-state index < -0.39 is 0 Å². The molecule has 4 rings (SSSR count). The van der Waals surface area contributed by atoms with Crippen LogP contribution in [0.1, 0.15) is 43.1 Å². The summed E-state index contributed by atoms with van der Waals surface area (Å²) in [5.74, 6) is 0.691. The monoisotopic (exact) mass is 545 g/mol. The lowest BCUT2D eigenvalue weighted by Crippen LogP contribution is -2.32. The fourth-order valence-electron chi connectivity index (χ4n) is 4.87. The molecule has 0 radical (unpaired) electrons. The topological polar surface area (TPSA) is 150 Å². The minimum absolute atomic E-state index is 0.0620. The Morgan fingerprint density at radius 2 is 1.80 bits per heavy atom. The molecule has 2 aromatic carbocycles. The van der Waals surface area contributed by atoms with E-state index in [1.807, 2.05) is 25.1 Å². The summed E-state index contributed by atoms with van der Waals surface area (Å²) in [4.78, 5) is 32.7. The van der Waals surface area contributed by atoms with Crippen molar-refractivity contribution < 1.29 is 14.3 Å². The molecule has 0 unspecified atom stereocenters. The van der Waals surface area contributed by atoms with Gasteiger partial charge in [0.2, 0.25) is 11.8 Å². The van der Waals surface area contributed by atoms with Gasteiger partial charge in [-0.05, 0) is 30.0 Å². The highest BCUT2D eigenvalue weighted by molar-refractivity contribution is 6.06. The van der Waals surface area contributed by atoms with Crippen LogP contribution in [0.4, 0.5) is 5.82 Å². The third kappa shape index (κ3) is 7.13. The van der Waals surface area contributed by atoms with Gasteiger partial charge in [0.25, 0.3) is 0 Å². The Hall–Kier alpha value is -4.02. The molecule has 2 heterocycles. The summed E-state index contributed by atoms with van der Waals surface area (Å²) >= 11 is 0. The molecule has 40 heavy (non-hydrogen) atoms. The standard InChI is InChI=1S/C30H39N7O3/c1-3-22(30(32)39)12-13-26(38)34-16-15-33-18-20-8-10-21(11-9-20)19-37-25(14-17-40-2)36-27-28(37)23-6-4-5-7-24(23)35-29(27)31/h4-11,22,33H,3,12-19H2,1-2H3,(H2,31,35)(H2,32,39)(H,34,38)/t22-/m0/s1. The maximum absolute atomic E-state index is 12.0. The number of nitrogen functional groups attached to an aromatic ring is 1. The second-order valence-electron chi connectivity index (χ2n) is 9.96. The molecule has 1 atom stereocenters. The first kappa shape index (κ1) is 29.0. The third-order valence-electron chi connectivity index (χ3n) is 7.15. The zero-order valence-corrected chi connectivity index (χ0v) is 23.3. The van der Waals surface area contributed by atoms with Crippen LogP contribution < -0.4 is 22.1 Å². The minimum atomic E-state index is -0.344. The number of methoxy groups -OCH3 is 1. The van der Waals surface area contributed by atoms with Crippen LogP contribution in [0.5, 0.6) is 0 Å². The summed E-state index contributed by atoms with van der Waals surface area (Å²) in [6, 6.07) is 16.5. The molecule has 10 heteroatoms. The van der Waals surface area contributed by atoms with Crippen molar-refractivity contribution in [3.63, 3.8) is 0 Å². The number of hydrogen-bond acceptors (Lipinski definition) is 7. The zero-order valence-electron chi connectivity index (χ0n) is 23.3. The quantitative estimate of drug-likeness (QED) is 0.168. The first-order chi connectivity index (χ1) is 19.4. The maximum atomic E-state index is 12.0. The van der Waals surface area contributed by atoms with Crippen LogP contribution >= 0.6 is 0 Å². The van der Waals surface area contributed by atoms with Crippen molar-refractivity contribution in [1.29, 1.82) is 0 Å². The van der Waals surface area contributed by atoms with Gasteiger partial charge < -0.3 is 31.4 Å². The Morgan fingerprint density at radius 1 is 1.05 bits per heavy atom. The van der Waals surface area contributed by atoms with Gasteiger partial charge in [0.1, 0.15) is 11.3 Å². The highest BCUT2D eigenvalue weighted by Crippen LogP contribution is 2.29. The summed E-state index contributed by atoms with van der Waals surface area (Å²) in [6.45, 7) is 4.97. The molecule has 0 bridgehead atoms. The van der Waals surface area contributed by atoms with Crippen LogP contribution in [-0.4, -0.2) is 53.2 Å². The molecular weight excluding hydrogens is 506 g/mol. The second kappa shape index (κ2) is 13.9. The number of fused-ring (bicyclic) bond motifs is 3. The Labute approximate surface area is 234 Å². The Kier molecular flexibility index (Phi) is 10.0. The van der Waals surface area contributed by atoms with Gasteiger partial charge in [-0.15, -0.1) is 0 Å². The van der Waals surface area contributed by atoms with Gasteiger partial charge in [-0.1, -0.05) is 49.4 Å². The van der Waals surface area contributed by atoms with Crippen LogP contribution in [-0.2, 0) is 33.8 Å². The Morgan fingerprint density at radius 3 is 2.52 bits per heavy atom. The van der Waals surface area contributed by atoms with Crippen LogP contribution in [0.2, 0.25) is 0 Å². The van der Waals surface area contributed by atoms with E-state index in [2.05, 4.69) is 50.5 Å². The number of anilines is 1. The number of nitrogens with two attached hydrogens (primary N) is 2. The molecule has 0 aliphatic rings. The highest BCUT2D eigenvalue weighted by Gasteiger charge is 2.18. The third-order valence-corrected chi connectivity index (χ3v) is 7.15. The van der Waals surface area contributed by atoms with Crippen molar-refractivity contribution >= 4 is 39.6 Å². The van der Waals surface area contributed by atoms with Gasteiger partial charge >= 0.3 is 0 Å². The molecule has 2 aromatic heterocycles. The molecule has 6 N–H and O–H groups in total. The summed E-state index contributed by atoms with van der Waals surface area (Å²) in [7, 11) is 1.69. The number of ether oxygens (including phenoxy) is 1. The number of hydrogen-bond donors (Lipinski definition) is 4. The van der Waals surface area contributed by atoms with E-state index in [4.69, 9.17) is 21.2 Å². The fourth-order valence-corrected chi connectivity index (χ4v) is 4.87. The van der Waals surface area contributed by atoms with Gasteiger partial charge in [0, 0.05) is 57.4 Å². The number of carbonyl (C=O) groups is 2. The van der Waals surface area contributed by atoms with E-state index >= 15 is 0 Å². The fraction of sp³-hybridized carbons (Fsp3) is 0.400. The van der Waals surface area contributed by atoms with Crippen molar-refractivity contribution in [1.82, 2.24) is 25.2 Å². The van der Waals surface area contributed by atoms with Crippen molar-refractivity contribution in [2.75, 3.05) is 32.5 Å². The smallest absolute Gasteiger partial charge is 0.220 e. The van der Waals surface area contributed by atoms with Crippen molar-refractivity contribution in [3.05, 3.63) is 65.5 Å². The average molecular weight is 546 g/mol.